The standard InChI is InChI=1S/C21H25NO4/c1-24-18-13-16(14-19(25-2)20(18)26-3)21(23)22-12-8-7-11-17(22)15-9-5-4-6-10-15/h4-6,9-10,13-14,17H,7-8,11-12H2,1-3H3. The van der Waals surface area contributed by atoms with Crippen LogP contribution in [0.5, 0.6) is 17.2 Å². The number of ether oxygens (including phenoxy) is 3. The molecule has 0 N–H and O–H groups in total. The fourth-order valence-electron chi connectivity index (χ4n) is 3.57. The highest BCUT2D eigenvalue weighted by atomic mass is 16.5. The maximum atomic E-state index is 13.3. The van der Waals surface area contributed by atoms with Crippen molar-refractivity contribution in [3.63, 3.8) is 0 Å². The minimum atomic E-state index is -0.0159. The zero-order valence-electron chi connectivity index (χ0n) is 15.5. The van der Waals surface area contributed by atoms with E-state index in [2.05, 4.69) is 12.1 Å². The van der Waals surface area contributed by atoms with E-state index in [4.69, 9.17) is 14.2 Å². The van der Waals surface area contributed by atoms with Gasteiger partial charge in [0.05, 0.1) is 27.4 Å². The summed E-state index contributed by atoms with van der Waals surface area (Å²) in [4.78, 5) is 15.3. The summed E-state index contributed by atoms with van der Waals surface area (Å²) in [6, 6.07) is 13.8. The Morgan fingerprint density at radius 2 is 1.62 bits per heavy atom. The highest BCUT2D eigenvalue weighted by Gasteiger charge is 2.29. The van der Waals surface area contributed by atoms with Crippen LogP contribution in [0.2, 0.25) is 0 Å². The molecule has 0 bridgehead atoms. The summed E-state index contributed by atoms with van der Waals surface area (Å²) in [7, 11) is 4.66. The molecule has 0 aliphatic carbocycles. The Hall–Kier alpha value is -2.69. The second kappa shape index (κ2) is 8.13. The second-order valence-corrected chi connectivity index (χ2v) is 6.33. The van der Waals surface area contributed by atoms with E-state index in [1.807, 2.05) is 23.1 Å². The smallest absolute Gasteiger partial charge is 0.254 e. The van der Waals surface area contributed by atoms with Crippen LogP contribution >= 0.6 is 0 Å². The molecule has 138 valence electrons. The van der Waals surface area contributed by atoms with Crippen LogP contribution in [0.15, 0.2) is 42.5 Å². The molecule has 26 heavy (non-hydrogen) atoms. The van der Waals surface area contributed by atoms with Crippen molar-refractivity contribution < 1.29 is 19.0 Å². The van der Waals surface area contributed by atoms with Crippen LogP contribution in [0, 0.1) is 0 Å². The predicted molar refractivity (Wildman–Crippen MR) is 100 cm³/mol. The number of hydrogen-bond acceptors (Lipinski definition) is 4. The SMILES string of the molecule is COc1cc(C(=O)N2CCCCC2c2ccccc2)cc(OC)c1OC. The molecule has 0 spiro atoms. The van der Waals surface area contributed by atoms with Crippen molar-refractivity contribution in [1.29, 1.82) is 0 Å². The van der Waals surface area contributed by atoms with Gasteiger partial charge in [-0.15, -0.1) is 0 Å². The highest BCUT2D eigenvalue weighted by Crippen LogP contribution is 2.39. The lowest BCUT2D eigenvalue weighted by molar-refractivity contribution is 0.0610. The van der Waals surface area contributed by atoms with E-state index in [0.29, 0.717) is 22.8 Å². The van der Waals surface area contributed by atoms with Gasteiger partial charge in [-0.05, 0) is 37.0 Å². The van der Waals surface area contributed by atoms with Gasteiger partial charge in [-0.2, -0.15) is 0 Å². The molecule has 1 amide bonds. The Labute approximate surface area is 154 Å². The lowest BCUT2D eigenvalue weighted by atomic mass is 9.94. The van der Waals surface area contributed by atoms with Crippen molar-refractivity contribution in [2.24, 2.45) is 0 Å². The third kappa shape index (κ3) is 3.47. The van der Waals surface area contributed by atoms with Crippen LogP contribution in [0.25, 0.3) is 0 Å². The number of methoxy groups -OCH3 is 3. The van der Waals surface area contributed by atoms with E-state index in [-0.39, 0.29) is 11.9 Å². The van der Waals surface area contributed by atoms with Crippen molar-refractivity contribution in [3.05, 3.63) is 53.6 Å². The Bertz CT molecular complexity index is 735. The van der Waals surface area contributed by atoms with Gasteiger partial charge in [-0.25, -0.2) is 0 Å². The van der Waals surface area contributed by atoms with Gasteiger partial charge in [0.1, 0.15) is 0 Å². The first-order valence-corrected chi connectivity index (χ1v) is 8.85. The first kappa shape index (κ1) is 18.1. The summed E-state index contributed by atoms with van der Waals surface area (Å²) in [5, 5.41) is 0. The quantitative estimate of drug-likeness (QED) is 0.811. The van der Waals surface area contributed by atoms with Gasteiger partial charge in [0.2, 0.25) is 5.75 Å². The molecule has 1 aliphatic heterocycles. The van der Waals surface area contributed by atoms with Gasteiger partial charge in [-0.1, -0.05) is 30.3 Å². The van der Waals surface area contributed by atoms with Gasteiger partial charge in [0.25, 0.3) is 5.91 Å². The molecule has 1 saturated heterocycles. The van der Waals surface area contributed by atoms with E-state index >= 15 is 0 Å². The van der Waals surface area contributed by atoms with Crippen LogP contribution in [0.1, 0.15) is 41.2 Å². The van der Waals surface area contributed by atoms with Gasteiger partial charge >= 0.3 is 0 Å². The molecule has 2 aromatic carbocycles. The van der Waals surface area contributed by atoms with Gasteiger partial charge < -0.3 is 19.1 Å². The minimum absolute atomic E-state index is 0.0159. The Balaban J connectivity index is 1.96. The highest BCUT2D eigenvalue weighted by molar-refractivity contribution is 5.96. The second-order valence-electron chi connectivity index (χ2n) is 6.33. The molecule has 3 rings (SSSR count). The zero-order valence-corrected chi connectivity index (χ0v) is 15.5. The molecular formula is C21H25NO4. The largest absolute Gasteiger partial charge is 0.493 e. The van der Waals surface area contributed by atoms with Crippen molar-refractivity contribution in [2.45, 2.75) is 25.3 Å². The fourth-order valence-corrected chi connectivity index (χ4v) is 3.57. The molecule has 0 aromatic heterocycles. The van der Waals surface area contributed by atoms with Crippen molar-refractivity contribution in [2.75, 3.05) is 27.9 Å². The summed E-state index contributed by atoms with van der Waals surface area (Å²) in [6.45, 7) is 0.745. The van der Waals surface area contributed by atoms with E-state index < -0.39 is 0 Å². The molecule has 1 unspecified atom stereocenters. The fraction of sp³-hybridized carbons (Fsp3) is 0.381. The normalized spacial score (nSPS) is 16.9. The van der Waals surface area contributed by atoms with Crippen LogP contribution in [0.4, 0.5) is 0 Å². The first-order chi connectivity index (χ1) is 12.7. The third-order valence-corrected chi connectivity index (χ3v) is 4.86. The van der Waals surface area contributed by atoms with Crippen LogP contribution < -0.4 is 14.2 Å². The number of carbonyl (C=O) groups is 1. The van der Waals surface area contributed by atoms with Gasteiger partial charge in [-0.3, -0.25) is 4.79 Å². The van der Waals surface area contributed by atoms with Crippen LogP contribution in [0.3, 0.4) is 0 Å². The molecular weight excluding hydrogens is 330 g/mol. The molecule has 1 atom stereocenters. The predicted octanol–water partition coefficient (Wildman–Crippen LogP) is 4.08. The van der Waals surface area contributed by atoms with Crippen molar-refractivity contribution in [1.82, 2.24) is 4.90 Å². The Kier molecular flexibility index (Phi) is 5.66. The Morgan fingerprint density at radius 3 is 2.19 bits per heavy atom. The number of hydrogen-bond donors (Lipinski definition) is 0. The number of rotatable bonds is 5. The number of piperidine rings is 1. The average molecular weight is 355 g/mol. The number of nitrogens with zero attached hydrogens (tertiary/aromatic N) is 1. The summed E-state index contributed by atoms with van der Waals surface area (Å²) < 4.78 is 16.1. The summed E-state index contributed by atoms with van der Waals surface area (Å²) in [6.07, 6.45) is 3.11. The maximum Gasteiger partial charge on any atom is 0.254 e. The van der Waals surface area contributed by atoms with Crippen LogP contribution in [-0.4, -0.2) is 38.7 Å². The average Bonchev–Trinajstić information content (AvgIpc) is 2.72. The lowest BCUT2D eigenvalue weighted by Crippen LogP contribution is -2.38. The molecule has 5 heteroatoms. The summed E-state index contributed by atoms with van der Waals surface area (Å²) in [5.41, 5.74) is 1.72. The van der Waals surface area contributed by atoms with E-state index in [9.17, 15) is 4.79 Å². The van der Waals surface area contributed by atoms with Crippen molar-refractivity contribution >= 4 is 5.91 Å². The maximum absolute atomic E-state index is 13.3. The lowest BCUT2D eigenvalue weighted by Gasteiger charge is -2.36. The van der Waals surface area contributed by atoms with E-state index in [0.717, 1.165) is 25.8 Å². The number of amides is 1. The first-order valence-electron chi connectivity index (χ1n) is 8.85. The van der Waals surface area contributed by atoms with E-state index in [1.165, 1.54) is 5.56 Å². The summed E-state index contributed by atoms with van der Waals surface area (Å²) in [5.74, 6) is 1.45. The van der Waals surface area contributed by atoms with Gasteiger partial charge in [0, 0.05) is 12.1 Å². The van der Waals surface area contributed by atoms with Gasteiger partial charge in [0.15, 0.2) is 11.5 Å². The van der Waals surface area contributed by atoms with Crippen molar-refractivity contribution in [3.8, 4) is 17.2 Å². The monoisotopic (exact) mass is 355 g/mol. The molecule has 1 fully saturated rings. The molecule has 0 radical (unpaired) electrons. The molecule has 2 aromatic rings. The topological polar surface area (TPSA) is 48.0 Å². The third-order valence-electron chi connectivity index (χ3n) is 4.86. The minimum Gasteiger partial charge on any atom is -0.493 e. The number of benzene rings is 2. The van der Waals surface area contributed by atoms with E-state index in [1.54, 1.807) is 33.5 Å². The van der Waals surface area contributed by atoms with Crippen LogP contribution in [-0.2, 0) is 0 Å². The number of carbonyl (C=O) groups excluding carboxylic acids is 1. The molecule has 5 nitrogen and oxygen atoms in total. The molecule has 0 saturated carbocycles. The molecule has 1 heterocycles. The number of likely N-dealkylation sites (tertiary alicyclic amines) is 1. The zero-order chi connectivity index (χ0) is 18.5. The Morgan fingerprint density at radius 1 is 0.962 bits per heavy atom. The molecule has 1 aliphatic rings. The summed E-state index contributed by atoms with van der Waals surface area (Å²) >= 11 is 0.